The second-order valence-electron chi connectivity index (χ2n) is 3.99. The molecule has 114 valence electrons. The number of alkyl halides is 3. The average Bonchev–Trinajstić information content (AvgIpc) is 2.32. The molecule has 0 bridgehead atoms. The first-order valence-corrected chi connectivity index (χ1v) is 5.84. The number of nitrogens with zero attached hydrogens (tertiary/aromatic N) is 2. The molecule has 2 N–H and O–H groups in total. The van der Waals surface area contributed by atoms with E-state index in [1.165, 1.54) is 7.05 Å². The van der Waals surface area contributed by atoms with Crippen molar-refractivity contribution in [3.05, 3.63) is 29.6 Å². The van der Waals surface area contributed by atoms with Crippen LogP contribution < -0.4 is 10.6 Å². The topological polar surface area (TPSA) is 49.3 Å². The number of aliphatic imine (C=N–C) groups is 1. The minimum absolute atomic E-state index is 0. The van der Waals surface area contributed by atoms with Crippen LogP contribution in [0.15, 0.2) is 23.2 Å². The summed E-state index contributed by atoms with van der Waals surface area (Å²) in [4.78, 5) is 8.12. The van der Waals surface area contributed by atoms with E-state index in [1.54, 1.807) is 0 Å². The molecule has 0 amide bonds. The van der Waals surface area contributed by atoms with Gasteiger partial charge in [0.25, 0.3) is 0 Å². The van der Waals surface area contributed by atoms with Gasteiger partial charge < -0.3 is 10.6 Å². The van der Waals surface area contributed by atoms with Crippen molar-refractivity contribution in [3.63, 3.8) is 0 Å². The van der Waals surface area contributed by atoms with Crippen LogP contribution in [-0.2, 0) is 6.54 Å². The van der Waals surface area contributed by atoms with E-state index in [4.69, 9.17) is 0 Å². The van der Waals surface area contributed by atoms with Gasteiger partial charge in [0.1, 0.15) is 0 Å². The van der Waals surface area contributed by atoms with E-state index in [0.717, 1.165) is 11.4 Å². The Morgan fingerprint density at radius 3 is 2.55 bits per heavy atom. The molecule has 0 saturated heterocycles. The normalized spacial score (nSPS) is 11.8. The first kappa shape index (κ1) is 18.9. The van der Waals surface area contributed by atoms with Gasteiger partial charge in [-0.15, -0.1) is 24.0 Å². The van der Waals surface area contributed by atoms with Crippen LogP contribution in [0.25, 0.3) is 0 Å². The second-order valence-corrected chi connectivity index (χ2v) is 3.99. The molecule has 0 saturated carbocycles. The molecule has 0 spiro atoms. The second kappa shape index (κ2) is 8.98. The molecule has 0 unspecified atom stereocenters. The summed E-state index contributed by atoms with van der Waals surface area (Å²) in [5, 5.41) is 5.51. The summed E-state index contributed by atoms with van der Waals surface area (Å²) in [5.74, 6) is 0.326. The minimum atomic E-state index is -4.16. The number of aryl methyl sites for hydroxylation is 1. The summed E-state index contributed by atoms with van der Waals surface area (Å²) in [5.41, 5.74) is 1.69. The van der Waals surface area contributed by atoms with E-state index in [-0.39, 0.29) is 30.5 Å². The van der Waals surface area contributed by atoms with Crippen LogP contribution in [0.1, 0.15) is 17.8 Å². The maximum Gasteiger partial charge on any atom is 0.390 e. The van der Waals surface area contributed by atoms with E-state index >= 15 is 0 Å². The molecule has 8 heteroatoms. The third-order valence-electron chi connectivity index (χ3n) is 2.31. The summed E-state index contributed by atoms with van der Waals surface area (Å²) in [7, 11) is 1.51. The lowest BCUT2D eigenvalue weighted by Gasteiger charge is -2.12. The van der Waals surface area contributed by atoms with Crippen LogP contribution in [0, 0.1) is 6.92 Å². The smallest absolute Gasteiger partial charge is 0.356 e. The number of aromatic nitrogens is 1. The first-order valence-electron chi connectivity index (χ1n) is 5.84. The number of nitrogens with one attached hydrogen (secondary N) is 2. The standard InChI is InChI=1S/C12H17F3N4.HI/c1-9-4-3-5-10(19-9)8-18-11(16-2)17-7-6-12(13,14)15;/h3-5H,6-8H2,1-2H3,(H2,16,17,18);1H. The highest BCUT2D eigenvalue weighted by molar-refractivity contribution is 14.0. The van der Waals surface area contributed by atoms with Gasteiger partial charge in [-0.05, 0) is 19.1 Å². The lowest BCUT2D eigenvalue weighted by molar-refractivity contribution is -0.132. The summed E-state index contributed by atoms with van der Waals surface area (Å²) in [6.07, 6.45) is -5.06. The van der Waals surface area contributed by atoms with E-state index < -0.39 is 12.6 Å². The van der Waals surface area contributed by atoms with Crippen molar-refractivity contribution in [1.82, 2.24) is 15.6 Å². The third kappa shape index (κ3) is 8.18. The van der Waals surface area contributed by atoms with Gasteiger partial charge in [0.2, 0.25) is 0 Å². The molecule has 4 nitrogen and oxygen atoms in total. The minimum Gasteiger partial charge on any atom is -0.356 e. The molecule has 1 aromatic rings. The van der Waals surface area contributed by atoms with Crippen molar-refractivity contribution in [1.29, 1.82) is 0 Å². The number of guanidine groups is 1. The molecule has 1 aromatic heterocycles. The van der Waals surface area contributed by atoms with Crippen molar-refractivity contribution >= 4 is 29.9 Å². The van der Waals surface area contributed by atoms with Crippen LogP contribution in [0.5, 0.6) is 0 Å². The molecule has 0 fully saturated rings. The predicted molar refractivity (Wildman–Crippen MR) is 83.3 cm³/mol. The molecular formula is C12H18F3IN4. The summed E-state index contributed by atoms with van der Waals surface area (Å²) in [6, 6.07) is 5.59. The van der Waals surface area contributed by atoms with E-state index in [0.29, 0.717) is 12.5 Å². The molecule has 0 aliphatic rings. The Labute approximate surface area is 133 Å². The largest absolute Gasteiger partial charge is 0.390 e. The van der Waals surface area contributed by atoms with Gasteiger partial charge in [-0.1, -0.05) is 6.07 Å². The lowest BCUT2D eigenvalue weighted by atomic mass is 10.3. The van der Waals surface area contributed by atoms with Crippen molar-refractivity contribution in [2.75, 3.05) is 13.6 Å². The van der Waals surface area contributed by atoms with Gasteiger partial charge in [0.05, 0.1) is 18.7 Å². The SMILES string of the molecule is CN=C(NCCC(F)(F)F)NCc1cccc(C)n1.I. The van der Waals surface area contributed by atoms with Crippen LogP contribution in [0.2, 0.25) is 0 Å². The Bertz CT molecular complexity index is 435. The van der Waals surface area contributed by atoms with Crippen molar-refractivity contribution in [2.24, 2.45) is 4.99 Å². The van der Waals surface area contributed by atoms with Crippen molar-refractivity contribution in [2.45, 2.75) is 26.1 Å². The molecule has 0 atom stereocenters. The highest BCUT2D eigenvalue weighted by Gasteiger charge is 2.26. The van der Waals surface area contributed by atoms with Crippen LogP contribution >= 0.6 is 24.0 Å². The van der Waals surface area contributed by atoms with Crippen LogP contribution in [-0.4, -0.2) is 30.7 Å². The van der Waals surface area contributed by atoms with Gasteiger partial charge in [0, 0.05) is 19.3 Å². The van der Waals surface area contributed by atoms with Gasteiger partial charge >= 0.3 is 6.18 Å². The third-order valence-corrected chi connectivity index (χ3v) is 2.31. The zero-order valence-corrected chi connectivity index (χ0v) is 13.6. The van der Waals surface area contributed by atoms with Gasteiger partial charge in [-0.3, -0.25) is 9.98 Å². The molecule has 0 aliphatic carbocycles. The Kier molecular flexibility index (Phi) is 8.51. The maximum atomic E-state index is 12.0. The number of rotatable bonds is 4. The van der Waals surface area contributed by atoms with E-state index in [2.05, 4.69) is 20.6 Å². The highest BCUT2D eigenvalue weighted by Crippen LogP contribution is 2.17. The number of hydrogen-bond donors (Lipinski definition) is 2. The summed E-state index contributed by atoms with van der Waals surface area (Å²) in [6.45, 7) is 2.08. The molecule has 1 heterocycles. The Hall–Kier alpha value is -1.06. The fraction of sp³-hybridized carbons (Fsp3) is 0.500. The van der Waals surface area contributed by atoms with Crippen molar-refractivity contribution in [3.8, 4) is 0 Å². The predicted octanol–water partition coefficient (Wildman–Crippen LogP) is 2.63. The van der Waals surface area contributed by atoms with Crippen LogP contribution in [0.3, 0.4) is 0 Å². The molecule has 0 aliphatic heterocycles. The summed E-state index contributed by atoms with van der Waals surface area (Å²) < 4.78 is 36.0. The van der Waals surface area contributed by atoms with Crippen LogP contribution in [0.4, 0.5) is 13.2 Å². The van der Waals surface area contributed by atoms with Gasteiger partial charge in [-0.2, -0.15) is 13.2 Å². The average molecular weight is 402 g/mol. The fourth-order valence-corrected chi connectivity index (χ4v) is 1.42. The zero-order chi connectivity index (χ0) is 14.3. The number of pyridine rings is 1. The quantitative estimate of drug-likeness (QED) is 0.463. The molecular weight excluding hydrogens is 384 g/mol. The van der Waals surface area contributed by atoms with E-state index in [9.17, 15) is 13.2 Å². The fourth-order valence-electron chi connectivity index (χ4n) is 1.42. The Morgan fingerprint density at radius 2 is 2.00 bits per heavy atom. The van der Waals surface area contributed by atoms with Gasteiger partial charge in [0.15, 0.2) is 5.96 Å². The number of halogens is 4. The molecule has 0 radical (unpaired) electrons. The van der Waals surface area contributed by atoms with Crippen molar-refractivity contribution < 1.29 is 13.2 Å². The van der Waals surface area contributed by atoms with E-state index in [1.807, 2.05) is 25.1 Å². The van der Waals surface area contributed by atoms with Gasteiger partial charge in [-0.25, -0.2) is 0 Å². The Balaban J connectivity index is 0.00000361. The summed E-state index contributed by atoms with van der Waals surface area (Å²) >= 11 is 0. The highest BCUT2D eigenvalue weighted by atomic mass is 127. The maximum absolute atomic E-state index is 12.0. The monoisotopic (exact) mass is 402 g/mol. The zero-order valence-electron chi connectivity index (χ0n) is 11.3. The molecule has 1 rings (SSSR count). The molecule has 20 heavy (non-hydrogen) atoms. The first-order chi connectivity index (χ1) is 8.90. The lowest BCUT2D eigenvalue weighted by Crippen LogP contribution is -2.38. The Morgan fingerprint density at radius 1 is 1.30 bits per heavy atom. The molecule has 0 aromatic carbocycles. The number of hydrogen-bond acceptors (Lipinski definition) is 2.